The van der Waals surface area contributed by atoms with Crippen LogP contribution in [0.5, 0.6) is 0 Å². The van der Waals surface area contributed by atoms with Gasteiger partial charge in [0.25, 0.3) is 5.91 Å². The molecule has 0 saturated carbocycles. The van der Waals surface area contributed by atoms with Gasteiger partial charge in [0.15, 0.2) is 6.10 Å². The molecule has 1 aromatic rings. The van der Waals surface area contributed by atoms with E-state index in [1.807, 2.05) is 18.2 Å². The molecule has 0 aliphatic carbocycles. The number of nitrogens with zero attached hydrogens (tertiary/aromatic N) is 1. The number of halogens is 1. The Labute approximate surface area is 145 Å². The Hall–Kier alpha value is -1.10. The lowest BCUT2D eigenvalue weighted by Gasteiger charge is -2.38. The van der Waals surface area contributed by atoms with Crippen molar-refractivity contribution in [2.24, 2.45) is 0 Å². The minimum absolute atomic E-state index is 0. The molecule has 128 valence electrons. The van der Waals surface area contributed by atoms with Gasteiger partial charge in [0.05, 0.1) is 6.61 Å². The predicted octanol–water partition coefficient (Wildman–Crippen LogP) is 2.71. The van der Waals surface area contributed by atoms with Crippen molar-refractivity contribution in [3.05, 3.63) is 35.4 Å². The molecule has 23 heavy (non-hydrogen) atoms. The van der Waals surface area contributed by atoms with Gasteiger partial charge in [0.2, 0.25) is 0 Å². The average molecular weight is 339 g/mol. The quantitative estimate of drug-likeness (QED) is 0.917. The van der Waals surface area contributed by atoms with E-state index in [0.717, 1.165) is 50.9 Å². The number of hydrogen-bond acceptors (Lipinski definition) is 3. The van der Waals surface area contributed by atoms with Crippen LogP contribution in [0.25, 0.3) is 0 Å². The lowest BCUT2D eigenvalue weighted by molar-refractivity contribution is -0.148. The maximum atomic E-state index is 13.1. The van der Waals surface area contributed by atoms with Crippen LogP contribution in [-0.2, 0) is 16.0 Å². The van der Waals surface area contributed by atoms with Crippen LogP contribution in [0.2, 0.25) is 0 Å². The Morgan fingerprint density at radius 3 is 2.78 bits per heavy atom. The summed E-state index contributed by atoms with van der Waals surface area (Å²) < 4.78 is 5.88. The molecule has 1 N–H and O–H groups in total. The third-order valence-corrected chi connectivity index (χ3v) is 4.71. The number of piperidine rings is 1. The third-order valence-electron chi connectivity index (χ3n) is 4.71. The van der Waals surface area contributed by atoms with Crippen LogP contribution >= 0.6 is 12.4 Å². The van der Waals surface area contributed by atoms with E-state index < -0.39 is 6.10 Å². The molecular formula is C18H27ClN2O2. The van der Waals surface area contributed by atoms with Crippen molar-refractivity contribution < 1.29 is 9.53 Å². The molecule has 0 aromatic heterocycles. The number of carbonyl (C=O) groups excluding carboxylic acids is 1. The molecule has 3 rings (SSSR count). The molecule has 4 nitrogen and oxygen atoms in total. The van der Waals surface area contributed by atoms with Crippen LogP contribution in [0.15, 0.2) is 24.3 Å². The first-order chi connectivity index (χ1) is 10.8. The van der Waals surface area contributed by atoms with E-state index in [1.165, 1.54) is 5.56 Å². The molecule has 5 heteroatoms. The van der Waals surface area contributed by atoms with Gasteiger partial charge in [-0.25, -0.2) is 0 Å². The van der Waals surface area contributed by atoms with Gasteiger partial charge in [0, 0.05) is 12.6 Å². The van der Waals surface area contributed by atoms with Gasteiger partial charge < -0.3 is 15.0 Å². The number of fused-ring (bicyclic) bond motifs is 1. The first kappa shape index (κ1) is 18.2. The standard InChI is InChI=1S/C18H26N2O2.ClH/c1-2-12-20(15-7-10-19-11-8-15)18(21)17-16-6-4-3-5-14(16)9-13-22-17;/h3-6,15,17,19H,2,7-13H2,1H3;1H. The van der Waals surface area contributed by atoms with E-state index in [2.05, 4.69) is 23.2 Å². The van der Waals surface area contributed by atoms with Gasteiger partial charge >= 0.3 is 0 Å². The van der Waals surface area contributed by atoms with E-state index >= 15 is 0 Å². The van der Waals surface area contributed by atoms with Crippen LogP contribution in [0, 0.1) is 0 Å². The number of ether oxygens (including phenoxy) is 1. The molecule has 1 aromatic carbocycles. The van der Waals surface area contributed by atoms with Crippen LogP contribution in [0.1, 0.15) is 43.4 Å². The molecule has 1 amide bonds. The summed E-state index contributed by atoms with van der Waals surface area (Å²) in [5, 5.41) is 3.38. The average Bonchev–Trinajstić information content (AvgIpc) is 2.59. The van der Waals surface area contributed by atoms with E-state index in [-0.39, 0.29) is 18.3 Å². The number of benzene rings is 1. The van der Waals surface area contributed by atoms with E-state index in [1.54, 1.807) is 0 Å². The molecule has 2 aliphatic rings. The van der Waals surface area contributed by atoms with E-state index in [9.17, 15) is 4.79 Å². The van der Waals surface area contributed by atoms with Gasteiger partial charge in [-0.2, -0.15) is 0 Å². The van der Waals surface area contributed by atoms with Gasteiger partial charge in [-0.3, -0.25) is 4.79 Å². The maximum absolute atomic E-state index is 13.1. The number of amides is 1. The highest BCUT2D eigenvalue weighted by Crippen LogP contribution is 2.30. The first-order valence-corrected chi connectivity index (χ1v) is 8.52. The van der Waals surface area contributed by atoms with Crippen molar-refractivity contribution in [3.8, 4) is 0 Å². The summed E-state index contributed by atoms with van der Waals surface area (Å²) in [6, 6.07) is 8.56. The summed E-state index contributed by atoms with van der Waals surface area (Å²) >= 11 is 0. The van der Waals surface area contributed by atoms with Crippen molar-refractivity contribution in [2.75, 3.05) is 26.2 Å². The number of carbonyl (C=O) groups is 1. The Balaban J connectivity index is 0.00000192. The summed E-state index contributed by atoms with van der Waals surface area (Å²) in [7, 11) is 0. The maximum Gasteiger partial charge on any atom is 0.256 e. The van der Waals surface area contributed by atoms with Crippen molar-refractivity contribution in [2.45, 2.75) is 44.8 Å². The highest BCUT2D eigenvalue weighted by molar-refractivity contribution is 5.85. The molecule has 0 bridgehead atoms. The summed E-state index contributed by atoms with van der Waals surface area (Å²) in [5.74, 6) is 0.154. The van der Waals surface area contributed by atoms with Gasteiger partial charge in [-0.1, -0.05) is 31.2 Å². The Bertz CT molecular complexity index is 517. The van der Waals surface area contributed by atoms with Gasteiger partial charge in [-0.15, -0.1) is 12.4 Å². The topological polar surface area (TPSA) is 41.6 Å². The van der Waals surface area contributed by atoms with Crippen molar-refractivity contribution >= 4 is 18.3 Å². The molecular weight excluding hydrogens is 312 g/mol. The fourth-order valence-corrected chi connectivity index (χ4v) is 3.58. The number of rotatable bonds is 4. The summed E-state index contributed by atoms with van der Waals surface area (Å²) in [6.07, 6.45) is 3.57. The van der Waals surface area contributed by atoms with Gasteiger partial charge in [-0.05, 0) is 49.9 Å². The lowest BCUT2D eigenvalue weighted by Crippen LogP contribution is -2.48. The third kappa shape index (κ3) is 4.06. The predicted molar refractivity (Wildman–Crippen MR) is 94.0 cm³/mol. The largest absolute Gasteiger partial charge is 0.363 e. The highest BCUT2D eigenvalue weighted by Gasteiger charge is 2.34. The smallest absolute Gasteiger partial charge is 0.256 e. The van der Waals surface area contributed by atoms with Crippen LogP contribution in [0.3, 0.4) is 0 Å². The zero-order chi connectivity index (χ0) is 15.4. The molecule has 1 unspecified atom stereocenters. The van der Waals surface area contributed by atoms with E-state index in [0.29, 0.717) is 12.6 Å². The molecule has 1 atom stereocenters. The second-order valence-corrected chi connectivity index (χ2v) is 6.21. The number of nitrogens with one attached hydrogen (secondary N) is 1. The zero-order valence-electron chi connectivity index (χ0n) is 13.8. The fourth-order valence-electron chi connectivity index (χ4n) is 3.58. The Kier molecular flexibility index (Phi) is 6.88. The van der Waals surface area contributed by atoms with Crippen LogP contribution < -0.4 is 5.32 Å². The monoisotopic (exact) mass is 338 g/mol. The molecule has 1 fully saturated rings. The number of hydrogen-bond donors (Lipinski definition) is 1. The Morgan fingerprint density at radius 1 is 1.30 bits per heavy atom. The minimum Gasteiger partial charge on any atom is -0.363 e. The molecule has 2 aliphatic heterocycles. The second-order valence-electron chi connectivity index (χ2n) is 6.21. The van der Waals surface area contributed by atoms with Crippen molar-refractivity contribution in [1.29, 1.82) is 0 Å². The SMILES string of the molecule is CCCN(C(=O)C1OCCc2ccccc21)C1CCNCC1.Cl. The first-order valence-electron chi connectivity index (χ1n) is 8.52. The Morgan fingerprint density at radius 2 is 2.04 bits per heavy atom. The van der Waals surface area contributed by atoms with Crippen molar-refractivity contribution in [1.82, 2.24) is 10.2 Å². The van der Waals surface area contributed by atoms with Crippen LogP contribution in [-0.4, -0.2) is 43.1 Å². The van der Waals surface area contributed by atoms with Crippen LogP contribution in [0.4, 0.5) is 0 Å². The second kappa shape index (κ2) is 8.67. The zero-order valence-corrected chi connectivity index (χ0v) is 14.6. The summed E-state index contributed by atoms with van der Waals surface area (Å²) in [6.45, 7) is 5.60. The molecule has 2 heterocycles. The lowest BCUT2D eigenvalue weighted by atomic mass is 9.95. The fraction of sp³-hybridized carbons (Fsp3) is 0.611. The van der Waals surface area contributed by atoms with E-state index in [4.69, 9.17) is 4.74 Å². The molecule has 0 radical (unpaired) electrons. The van der Waals surface area contributed by atoms with Gasteiger partial charge in [0.1, 0.15) is 0 Å². The molecule has 1 saturated heterocycles. The normalized spacial score (nSPS) is 21.2. The minimum atomic E-state index is -0.411. The summed E-state index contributed by atoms with van der Waals surface area (Å²) in [4.78, 5) is 15.2. The van der Waals surface area contributed by atoms with Crippen molar-refractivity contribution in [3.63, 3.8) is 0 Å². The highest BCUT2D eigenvalue weighted by atomic mass is 35.5. The summed E-state index contributed by atoms with van der Waals surface area (Å²) in [5.41, 5.74) is 2.32. The molecule has 0 spiro atoms.